The molecule has 5 rings (SSSR count). The minimum atomic E-state index is -0.870. The van der Waals surface area contributed by atoms with Gasteiger partial charge in [-0.25, -0.2) is 4.79 Å². The summed E-state index contributed by atoms with van der Waals surface area (Å²) in [5.41, 5.74) is 2.78. The van der Waals surface area contributed by atoms with Crippen molar-refractivity contribution in [3.63, 3.8) is 0 Å². The molecule has 2 fully saturated rings. The van der Waals surface area contributed by atoms with Crippen molar-refractivity contribution in [3.05, 3.63) is 48.0 Å². The lowest BCUT2D eigenvalue weighted by Gasteiger charge is -2.50. The summed E-state index contributed by atoms with van der Waals surface area (Å²) in [6.07, 6.45) is 4.75. The quantitative estimate of drug-likeness (QED) is 0.809. The molecule has 0 radical (unpaired) electrons. The number of carboxylic acids is 1. The van der Waals surface area contributed by atoms with E-state index in [1.807, 2.05) is 12.1 Å². The Hall–Kier alpha value is -1.98. The molecule has 3 aliphatic heterocycles. The van der Waals surface area contributed by atoms with Crippen molar-refractivity contribution in [2.75, 3.05) is 4.90 Å². The lowest BCUT2D eigenvalue weighted by molar-refractivity contribution is 0.0696. The van der Waals surface area contributed by atoms with Crippen molar-refractivity contribution in [1.29, 1.82) is 0 Å². The Kier molecular flexibility index (Phi) is 3.59. The fourth-order valence-electron chi connectivity index (χ4n) is 5.02. The van der Waals surface area contributed by atoms with E-state index in [-0.39, 0.29) is 5.54 Å². The molecule has 0 saturated carbocycles. The average Bonchev–Trinajstić information content (AvgIpc) is 2.97. The van der Waals surface area contributed by atoms with Crippen molar-refractivity contribution < 1.29 is 9.90 Å². The molecule has 0 spiro atoms. The predicted octanol–water partition coefficient (Wildman–Crippen LogP) is 4.66. The van der Waals surface area contributed by atoms with Crippen LogP contribution < -0.4 is 10.2 Å². The topological polar surface area (TPSA) is 52.6 Å². The molecular weight excluding hydrogens is 344 g/mol. The van der Waals surface area contributed by atoms with Gasteiger partial charge in [-0.15, -0.1) is 0 Å². The number of carboxylic acid groups (broad SMARTS) is 1. The maximum atomic E-state index is 11.4. The standard InChI is InChI=1S/C21H22N2O2S/c1-21(11-14-7-8-15(12-21)22-14)23-16-4-2-3-5-18(16)26-19-10-13(20(24)25)6-9-17(19)23/h2-6,9-10,14-15,22H,7-8,11-12H2,1H3,(H,24,25). The highest BCUT2D eigenvalue weighted by molar-refractivity contribution is 7.99. The molecule has 0 aliphatic carbocycles. The largest absolute Gasteiger partial charge is 0.478 e. The van der Waals surface area contributed by atoms with Gasteiger partial charge >= 0.3 is 5.97 Å². The molecular formula is C21H22N2O2S. The minimum absolute atomic E-state index is 0.0354. The smallest absolute Gasteiger partial charge is 0.335 e. The van der Waals surface area contributed by atoms with Gasteiger partial charge in [0.1, 0.15) is 0 Å². The minimum Gasteiger partial charge on any atom is -0.478 e. The summed E-state index contributed by atoms with van der Waals surface area (Å²) >= 11 is 1.68. The van der Waals surface area contributed by atoms with E-state index in [1.54, 1.807) is 17.8 Å². The molecule has 26 heavy (non-hydrogen) atoms. The van der Waals surface area contributed by atoms with Crippen LogP contribution in [0.25, 0.3) is 0 Å². The molecule has 0 aromatic heterocycles. The molecule has 2 N–H and O–H groups in total. The third-order valence-electron chi connectivity index (χ3n) is 6.02. The first-order valence-corrected chi connectivity index (χ1v) is 10.1. The maximum absolute atomic E-state index is 11.4. The van der Waals surface area contributed by atoms with Gasteiger partial charge in [-0.05, 0) is 62.9 Å². The van der Waals surface area contributed by atoms with Gasteiger partial charge in [0, 0.05) is 27.4 Å². The van der Waals surface area contributed by atoms with Crippen LogP contribution in [0, 0.1) is 0 Å². The molecule has 134 valence electrons. The summed E-state index contributed by atoms with van der Waals surface area (Å²) in [6, 6.07) is 15.2. The fraction of sp³-hybridized carbons (Fsp3) is 0.381. The van der Waals surface area contributed by atoms with E-state index >= 15 is 0 Å². The van der Waals surface area contributed by atoms with Gasteiger partial charge in [0.15, 0.2) is 0 Å². The maximum Gasteiger partial charge on any atom is 0.335 e. The molecule has 3 heterocycles. The summed E-state index contributed by atoms with van der Waals surface area (Å²) in [5, 5.41) is 13.1. The number of nitrogens with one attached hydrogen (secondary N) is 1. The number of piperidine rings is 1. The average molecular weight is 366 g/mol. The van der Waals surface area contributed by atoms with Crippen molar-refractivity contribution in [3.8, 4) is 0 Å². The molecule has 0 amide bonds. The predicted molar refractivity (Wildman–Crippen MR) is 104 cm³/mol. The van der Waals surface area contributed by atoms with Crippen molar-refractivity contribution in [1.82, 2.24) is 5.32 Å². The number of aromatic carboxylic acids is 1. The lowest BCUT2D eigenvalue weighted by atomic mass is 9.83. The second-order valence-corrected chi connectivity index (χ2v) is 9.02. The molecule has 2 unspecified atom stereocenters. The number of nitrogens with zero attached hydrogens (tertiary/aromatic N) is 1. The molecule has 2 saturated heterocycles. The van der Waals surface area contributed by atoms with E-state index in [1.165, 1.54) is 23.4 Å². The first-order chi connectivity index (χ1) is 12.5. The Morgan fingerprint density at radius 1 is 1.12 bits per heavy atom. The van der Waals surface area contributed by atoms with Crippen LogP contribution in [0.1, 0.15) is 43.0 Å². The summed E-state index contributed by atoms with van der Waals surface area (Å²) < 4.78 is 0. The molecule has 3 aliphatic rings. The van der Waals surface area contributed by atoms with E-state index in [0.29, 0.717) is 17.6 Å². The Balaban J connectivity index is 1.66. The van der Waals surface area contributed by atoms with E-state index in [4.69, 9.17) is 0 Å². The zero-order chi connectivity index (χ0) is 17.9. The molecule has 2 bridgehead atoms. The first kappa shape index (κ1) is 16.2. The second kappa shape index (κ2) is 5.76. The van der Waals surface area contributed by atoms with Crippen molar-refractivity contribution >= 4 is 29.1 Å². The van der Waals surface area contributed by atoms with Gasteiger partial charge in [0.05, 0.1) is 16.9 Å². The number of fused-ring (bicyclic) bond motifs is 4. The highest BCUT2D eigenvalue weighted by Gasteiger charge is 2.46. The van der Waals surface area contributed by atoms with Crippen molar-refractivity contribution in [2.45, 2.75) is 60.0 Å². The fourth-order valence-corrected chi connectivity index (χ4v) is 6.12. The van der Waals surface area contributed by atoms with Crippen molar-refractivity contribution in [2.24, 2.45) is 0 Å². The van der Waals surface area contributed by atoms with Gasteiger partial charge in [-0.1, -0.05) is 23.9 Å². The molecule has 2 aromatic carbocycles. The zero-order valence-corrected chi connectivity index (χ0v) is 15.6. The molecule has 4 nitrogen and oxygen atoms in total. The third kappa shape index (κ3) is 2.45. The Labute approximate surface area is 157 Å². The van der Waals surface area contributed by atoms with Crippen LogP contribution in [0.15, 0.2) is 52.3 Å². The van der Waals surface area contributed by atoms with Crippen LogP contribution >= 0.6 is 11.8 Å². The number of hydrogen-bond donors (Lipinski definition) is 2. The number of rotatable bonds is 2. The molecule has 2 aromatic rings. The number of anilines is 2. The molecule has 2 atom stereocenters. The third-order valence-corrected chi connectivity index (χ3v) is 7.13. The van der Waals surface area contributed by atoms with Crippen LogP contribution in [0.2, 0.25) is 0 Å². The van der Waals surface area contributed by atoms with E-state index in [2.05, 4.69) is 41.4 Å². The Morgan fingerprint density at radius 3 is 2.54 bits per heavy atom. The second-order valence-electron chi connectivity index (χ2n) is 7.94. The normalized spacial score (nSPS) is 29.2. The van der Waals surface area contributed by atoms with E-state index < -0.39 is 5.97 Å². The van der Waals surface area contributed by atoms with Crippen LogP contribution in [0.3, 0.4) is 0 Å². The van der Waals surface area contributed by atoms with Gasteiger partial charge < -0.3 is 15.3 Å². The summed E-state index contributed by atoms with van der Waals surface area (Å²) in [7, 11) is 0. The van der Waals surface area contributed by atoms with Crippen LogP contribution in [0.4, 0.5) is 11.4 Å². The first-order valence-electron chi connectivity index (χ1n) is 9.24. The number of carbonyl (C=O) groups is 1. The van der Waals surface area contributed by atoms with E-state index in [9.17, 15) is 9.90 Å². The number of hydrogen-bond acceptors (Lipinski definition) is 4. The van der Waals surface area contributed by atoms with Gasteiger partial charge in [0.2, 0.25) is 0 Å². The highest BCUT2D eigenvalue weighted by Crippen LogP contribution is 2.54. The Morgan fingerprint density at radius 2 is 1.81 bits per heavy atom. The van der Waals surface area contributed by atoms with Gasteiger partial charge in [0.25, 0.3) is 0 Å². The Bertz CT molecular complexity index is 885. The summed E-state index contributed by atoms with van der Waals surface area (Å²) in [5.74, 6) is -0.870. The number of para-hydroxylation sites is 1. The summed E-state index contributed by atoms with van der Waals surface area (Å²) in [4.78, 5) is 16.2. The highest BCUT2D eigenvalue weighted by atomic mass is 32.2. The number of benzene rings is 2. The van der Waals surface area contributed by atoms with Crippen LogP contribution in [-0.2, 0) is 0 Å². The van der Waals surface area contributed by atoms with Gasteiger partial charge in [-0.3, -0.25) is 0 Å². The zero-order valence-electron chi connectivity index (χ0n) is 14.7. The van der Waals surface area contributed by atoms with E-state index in [0.717, 1.165) is 23.4 Å². The van der Waals surface area contributed by atoms with Crippen LogP contribution in [0.5, 0.6) is 0 Å². The summed E-state index contributed by atoms with van der Waals surface area (Å²) in [6.45, 7) is 2.38. The van der Waals surface area contributed by atoms with Crippen LogP contribution in [-0.4, -0.2) is 28.7 Å². The SMILES string of the molecule is CC1(N2c3ccccc3Sc3cc(C(=O)O)ccc32)CC2CCC(C1)N2. The van der Waals surface area contributed by atoms with Gasteiger partial charge in [-0.2, -0.15) is 0 Å². The molecule has 5 heteroatoms. The monoisotopic (exact) mass is 366 g/mol. The lowest BCUT2D eigenvalue weighted by Crippen LogP contribution is -2.55.